The summed E-state index contributed by atoms with van der Waals surface area (Å²) in [7, 11) is 0. The summed E-state index contributed by atoms with van der Waals surface area (Å²) in [5.74, 6) is -2.30. The van der Waals surface area contributed by atoms with Crippen molar-refractivity contribution in [3.05, 3.63) is 46.0 Å². The van der Waals surface area contributed by atoms with Crippen molar-refractivity contribution in [3.8, 4) is 0 Å². The van der Waals surface area contributed by atoms with Gasteiger partial charge in [-0.15, -0.1) is 0 Å². The Hall–Kier alpha value is -2.70. The monoisotopic (exact) mass is 262 g/mol. The third-order valence-corrected chi connectivity index (χ3v) is 2.40. The first-order chi connectivity index (χ1) is 8.99. The molecule has 0 aliphatic rings. The normalized spacial score (nSPS) is 10.4. The predicted octanol–water partition coefficient (Wildman–Crippen LogP) is 0.244. The Kier molecular flexibility index (Phi) is 3.28. The molecule has 2 heterocycles. The van der Waals surface area contributed by atoms with Gasteiger partial charge in [0.25, 0.3) is 5.56 Å². The maximum absolute atomic E-state index is 12.0. The first-order valence-corrected chi connectivity index (χ1v) is 5.36. The summed E-state index contributed by atoms with van der Waals surface area (Å²) >= 11 is 0. The number of aryl methyl sites for hydroxylation is 1. The van der Waals surface area contributed by atoms with Gasteiger partial charge in [0.2, 0.25) is 0 Å². The molecule has 0 saturated carbocycles. The van der Waals surface area contributed by atoms with Crippen LogP contribution in [0.4, 0.5) is 0 Å². The molecule has 0 radical (unpaired) electrons. The maximum atomic E-state index is 12.0. The summed E-state index contributed by atoms with van der Waals surface area (Å²) in [4.78, 5) is 37.8. The zero-order valence-corrected chi connectivity index (χ0v) is 9.99. The van der Waals surface area contributed by atoms with Gasteiger partial charge in [0, 0.05) is 12.4 Å². The van der Waals surface area contributed by atoms with Crippen molar-refractivity contribution in [1.82, 2.24) is 9.38 Å². The minimum absolute atomic E-state index is 0.302. The number of carbonyl (C=O) groups excluding carboxylic acids is 1. The number of carboxylic acid groups (broad SMARTS) is 1. The van der Waals surface area contributed by atoms with Crippen LogP contribution in [0.2, 0.25) is 0 Å². The first kappa shape index (κ1) is 12.7. The number of aliphatic carboxylic acids is 1. The number of ether oxygens (including phenoxy) is 1. The summed E-state index contributed by atoms with van der Waals surface area (Å²) in [5.41, 5.74) is 0.325. The molecule has 1 N–H and O–H groups in total. The highest BCUT2D eigenvalue weighted by molar-refractivity contribution is 5.90. The average molecular weight is 262 g/mol. The van der Waals surface area contributed by atoms with Crippen LogP contribution >= 0.6 is 0 Å². The third kappa shape index (κ3) is 2.59. The van der Waals surface area contributed by atoms with Gasteiger partial charge in [0.05, 0.1) is 0 Å². The largest absolute Gasteiger partial charge is 0.479 e. The number of aromatic nitrogens is 2. The summed E-state index contributed by atoms with van der Waals surface area (Å²) < 4.78 is 5.67. The van der Waals surface area contributed by atoms with Crippen LogP contribution in [0.15, 0.2) is 29.3 Å². The van der Waals surface area contributed by atoms with E-state index >= 15 is 0 Å². The molecule has 2 aromatic heterocycles. The third-order valence-electron chi connectivity index (χ3n) is 2.40. The average Bonchev–Trinajstić information content (AvgIpc) is 2.37. The molecule has 2 aromatic rings. The summed E-state index contributed by atoms with van der Waals surface area (Å²) in [6, 6.07) is 3.42. The predicted molar refractivity (Wildman–Crippen MR) is 64.1 cm³/mol. The van der Waals surface area contributed by atoms with Gasteiger partial charge in [0.1, 0.15) is 11.2 Å². The van der Waals surface area contributed by atoms with E-state index in [0.29, 0.717) is 5.65 Å². The SMILES string of the molecule is Cc1ccc2ncc(C(=O)OCC(=O)O)c(=O)n2c1. The molecule has 0 saturated heterocycles. The Labute approximate surface area is 107 Å². The van der Waals surface area contributed by atoms with E-state index in [2.05, 4.69) is 9.72 Å². The van der Waals surface area contributed by atoms with E-state index in [1.54, 1.807) is 25.3 Å². The van der Waals surface area contributed by atoms with Gasteiger partial charge in [-0.05, 0) is 18.6 Å². The molecule has 0 aromatic carbocycles. The van der Waals surface area contributed by atoms with Crippen LogP contribution in [-0.2, 0) is 9.53 Å². The molecular weight excluding hydrogens is 252 g/mol. The van der Waals surface area contributed by atoms with E-state index in [9.17, 15) is 14.4 Å². The molecule has 0 spiro atoms. The molecule has 7 heteroatoms. The van der Waals surface area contributed by atoms with Gasteiger partial charge in [-0.2, -0.15) is 0 Å². The highest BCUT2D eigenvalue weighted by Crippen LogP contribution is 2.02. The number of esters is 1. The van der Waals surface area contributed by atoms with Gasteiger partial charge in [-0.1, -0.05) is 6.07 Å². The summed E-state index contributed by atoms with van der Waals surface area (Å²) in [5, 5.41) is 8.41. The Bertz CT molecular complexity index is 720. The van der Waals surface area contributed by atoms with E-state index in [1.165, 1.54) is 4.40 Å². The number of fused-ring (bicyclic) bond motifs is 1. The minimum atomic E-state index is -1.29. The van der Waals surface area contributed by atoms with Crippen molar-refractivity contribution < 1.29 is 19.4 Å². The lowest BCUT2D eigenvalue weighted by Gasteiger charge is -2.04. The van der Waals surface area contributed by atoms with Crippen LogP contribution in [0.25, 0.3) is 5.65 Å². The minimum Gasteiger partial charge on any atom is -0.479 e. The standard InChI is InChI=1S/C12H10N2O5/c1-7-2-3-9-13-4-8(11(17)14(9)5-7)12(18)19-6-10(15)16/h2-5H,6H2,1H3,(H,15,16). The van der Waals surface area contributed by atoms with E-state index in [-0.39, 0.29) is 5.56 Å². The summed E-state index contributed by atoms with van der Waals surface area (Å²) in [6.07, 6.45) is 2.62. The lowest BCUT2D eigenvalue weighted by Crippen LogP contribution is -2.25. The summed E-state index contributed by atoms with van der Waals surface area (Å²) in [6.45, 7) is 0.996. The number of hydrogen-bond donors (Lipinski definition) is 1. The van der Waals surface area contributed by atoms with Crippen molar-refractivity contribution >= 4 is 17.6 Å². The Morgan fingerprint density at radius 1 is 1.42 bits per heavy atom. The lowest BCUT2D eigenvalue weighted by molar-refractivity contribution is -0.140. The molecule has 0 aliphatic heterocycles. The molecule has 0 amide bonds. The van der Waals surface area contributed by atoms with Crippen molar-refractivity contribution in [2.75, 3.05) is 6.61 Å². The number of carbonyl (C=O) groups is 2. The fourth-order valence-corrected chi connectivity index (χ4v) is 1.53. The van der Waals surface area contributed by atoms with Crippen LogP contribution < -0.4 is 5.56 Å². The number of hydrogen-bond acceptors (Lipinski definition) is 5. The lowest BCUT2D eigenvalue weighted by atomic mass is 10.3. The smallest absolute Gasteiger partial charge is 0.345 e. The first-order valence-electron chi connectivity index (χ1n) is 5.36. The molecule has 0 fully saturated rings. The zero-order valence-electron chi connectivity index (χ0n) is 9.99. The number of carboxylic acids is 1. The van der Waals surface area contributed by atoms with Crippen LogP contribution in [0, 0.1) is 6.92 Å². The molecule has 7 nitrogen and oxygen atoms in total. The molecule has 19 heavy (non-hydrogen) atoms. The molecule has 0 unspecified atom stereocenters. The van der Waals surface area contributed by atoms with Gasteiger partial charge in [-0.3, -0.25) is 9.20 Å². The molecule has 0 bridgehead atoms. The number of pyridine rings is 1. The number of nitrogens with zero attached hydrogens (tertiary/aromatic N) is 2. The van der Waals surface area contributed by atoms with Gasteiger partial charge >= 0.3 is 11.9 Å². The molecule has 0 aliphatic carbocycles. The van der Waals surface area contributed by atoms with Crippen molar-refractivity contribution in [1.29, 1.82) is 0 Å². The van der Waals surface area contributed by atoms with E-state index in [4.69, 9.17) is 5.11 Å². The van der Waals surface area contributed by atoms with Crippen molar-refractivity contribution in [3.63, 3.8) is 0 Å². The van der Waals surface area contributed by atoms with Gasteiger partial charge in [0.15, 0.2) is 6.61 Å². The van der Waals surface area contributed by atoms with Gasteiger partial charge < -0.3 is 9.84 Å². The van der Waals surface area contributed by atoms with Crippen LogP contribution in [0.3, 0.4) is 0 Å². The van der Waals surface area contributed by atoms with Crippen LogP contribution in [0.1, 0.15) is 15.9 Å². The molecule has 98 valence electrons. The number of rotatable bonds is 3. The molecule has 2 rings (SSSR count). The highest BCUT2D eigenvalue weighted by atomic mass is 16.5. The Morgan fingerprint density at radius 2 is 2.16 bits per heavy atom. The fraction of sp³-hybridized carbons (Fsp3) is 0.167. The van der Waals surface area contributed by atoms with Crippen LogP contribution in [-0.4, -0.2) is 33.0 Å². The topological polar surface area (TPSA) is 98.0 Å². The van der Waals surface area contributed by atoms with E-state index in [1.807, 2.05) is 0 Å². The van der Waals surface area contributed by atoms with Crippen molar-refractivity contribution in [2.24, 2.45) is 0 Å². The van der Waals surface area contributed by atoms with E-state index in [0.717, 1.165) is 11.8 Å². The quantitative estimate of drug-likeness (QED) is 0.796. The zero-order chi connectivity index (χ0) is 14.0. The Morgan fingerprint density at radius 3 is 2.84 bits per heavy atom. The molecule has 0 atom stereocenters. The second kappa shape index (κ2) is 4.89. The van der Waals surface area contributed by atoms with E-state index < -0.39 is 24.1 Å². The van der Waals surface area contributed by atoms with Crippen molar-refractivity contribution in [2.45, 2.75) is 6.92 Å². The molecular formula is C12H10N2O5. The van der Waals surface area contributed by atoms with Gasteiger partial charge in [-0.25, -0.2) is 14.6 Å². The van der Waals surface area contributed by atoms with Crippen LogP contribution in [0.5, 0.6) is 0 Å². The highest BCUT2D eigenvalue weighted by Gasteiger charge is 2.15. The Balaban J connectivity index is 2.45. The fourth-order valence-electron chi connectivity index (χ4n) is 1.53. The second-order valence-electron chi connectivity index (χ2n) is 3.88. The maximum Gasteiger partial charge on any atom is 0.345 e. The second-order valence-corrected chi connectivity index (χ2v) is 3.88.